The summed E-state index contributed by atoms with van der Waals surface area (Å²) >= 11 is 0. The van der Waals surface area contributed by atoms with Crippen molar-refractivity contribution in [3.8, 4) is 0 Å². The minimum Gasteiger partial charge on any atom is -0.389 e. The molecular weight excluding hydrogens is 374 g/mol. The van der Waals surface area contributed by atoms with E-state index in [1.165, 1.54) is 24.8 Å². The van der Waals surface area contributed by atoms with Crippen molar-refractivity contribution in [2.75, 3.05) is 6.54 Å². The Hall–Kier alpha value is -1.72. The number of benzene rings is 2. The summed E-state index contributed by atoms with van der Waals surface area (Å²) in [6, 6.07) is 20.4. The van der Waals surface area contributed by atoms with Gasteiger partial charge < -0.3 is 19.9 Å². The Labute approximate surface area is 181 Å². The van der Waals surface area contributed by atoms with Crippen molar-refractivity contribution < 1.29 is 14.6 Å². The molecule has 0 unspecified atom stereocenters. The van der Waals surface area contributed by atoms with Crippen LogP contribution in [0.5, 0.6) is 0 Å². The number of unbranched alkanes of at least 4 members (excludes halogenated alkanes) is 3. The lowest BCUT2D eigenvalue weighted by atomic mass is 9.87. The fraction of sp³-hybridized carbons (Fsp3) is 0.538. The van der Waals surface area contributed by atoms with Gasteiger partial charge in [0, 0.05) is 12.5 Å². The molecule has 164 valence electrons. The smallest absolute Gasteiger partial charge is 0.0956 e. The molecule has 1 aliphatic carbocycles. The zero-order valence-electron chi connectivity index (χ0n) is 18.2. The molecule has 3 rings (SSSR count). The molecule has 4 nitrogen and oxygen atoms in total. The fourth-order valence-corrected chi connectivity index (χ4v) is 4.09. The van der Waals surface area contributed by atoms with Crippen LogP contribution < -0.4 is 5.32 Å². The second-order valence-electron chi connectivity index (χ2n) is 8.34. The average molecular weight is 412 g/mol. The van der Waals surface area contributed by atoms with Crippen LogP contribution >= 0.6 is 0 Å². The number of nitrogens with one attached hydrogen (secondary N) is 1. The van der Waals surface area contributed by atoms with Crippen molar-refractivity contribution in [2.24, 2.45) is 0 Å². The first-order chi connectivity index (χ1) is 14.8. The van der Waals surface area contributed by atoms with Gasteiger partial charge in [0.2, 0.25) is 0 Å². The lowest BCUT2D eigenvalue weighted by molar-refractivity contribution is -0.123. The van der Waals surface area contributed by atoms with E-state index in [2.05, 4.69) is 36.5 Å². The van der Waals surface area contributed by atoms with Crippen LogP contribution in [0, 0.1) is 0 Å². The predicted octanol–water partition coefficient (Wildman–Crippen LogP) is 4.85. The van der Waals surface area contributed by atoms with Crippen molar-refractivity contribution in [3.63, 3.8) is 0 Å². The highest BCUT2D eigenvalue weighted by atomic mass is 16.5. The Morgan fingerprint density at radius 3 is 2.10 bits per heavy atom. The number of hydrogen-bond acceptors (Lipinski definition) is 4. The van der Waals surface area contributed by atoms with Crippen LogP contribution in [0.4, 0.5) is 0 Å². The van der Waals surface area contributed by atoms with Crippen LogP contribution in [0.3, 0.4) is 0 Å². The molecule has 4 heteroatoms. The Bertz CT molecular complexity index is 694. The second kappa shape index (κ2) is 12.9. The van der Waals surface area contributed by atoms with E-state index in [1.54, 1.807) is 0 Å². The minimum atomic E-state index is -0.517. The third-order valence-electron chi connectivity index (χ3n) is 5.88. The number of aliphatic hydroxyl groups excluding tert-OH is 1. The van der Waals surface area contributed by atoms with Gasteiger partial charge in [-0.1, -0.05) is 86.8 Å². The Kier molecular flexibility index (Phi) is 9.84. The van der Waals surface area contributed by atoms with Gasteiger partial charge in [-0.2, -0.15) is 0 Å². The number of ether oxygens (including phenoxy) is 2. The molecule has 1 fully saturated rings. The standard InChI is InChI=1S/C26H37NO3/c1-2-3-4-11-16-27-24-17-23(29-19-21-12-7-5-8-13-21)18-25(26(24)28)30-20-22-14-9-6-10-15-22/h5-10,12-15,23-28H,2-4,11,16-20H2,1H3/t23-,24+,25+,26-/m0/s1. The van der Waals surface area contributed by atoms with Crippen molar-refractivity contribution in [2.45, 2.75) is 83.0 Å². The van der Waals surface area contributed by atoms with Crippen LogP contribution in [0.1, 0.15) is 56.6 Å². The monoisotopic (exact) mass is 411 g/mol. The fourth-order valence-electron chi connectivity index (χ4n) is 4.09. The predicted molar refractivity (Wildman–Crippen MR) is 121 cm³/mol. The first-order valence-electron chi connectivity index (χ1n) is 11.5. The van der Waals surface area contributed by atoms with Crippen molar-refractivity contribution in [3.05, 3.63) is 71.8 Å². The summed E-state index contributed by atoms with van der Waals surface area (Å²) in [7, 11) is 0. The van der Waals surface area contributed by atoms with Gasteiger partial charge in [0.05, 0.1) is 31.5 Å². The van der Waals surface area contributed by atoms with E-state index < -0.39 is 6.10 Å². The second-order valence-corrected chi connectivity index (χ2v) is 8.34. The third kappa shape index (κ3) is 7.51. The number of aliphatic hydroxyl groups is 1. The van der Waals surface area contributed by atoms with E-state index in [-0.39, 0.29) is 18.2 Å². The highest BCUT2D eigenvalue weighted by Crippen LogP contribution is 2.26. The molecule has 0 heterocycles. The number of rotatable bonds is 12. The molecule has 1 saturated carbocycles. The van der Waals surface area contributed by atoms with Crippen LogP contribution in [-0.4, -0.2) is 36.0 Å². The molecule has 2 N–H and O–H groups in total. The Morgan fingerprint density at radius 1 is 0.833 bits per heavy atom. The van der Waals surface area contributed by atoms with Gasteiger partial charge in [0.15, 0.2) is 0 Å². The maximum Gasteiger partial charge on any atom is 0.0956 e. The summed E-state index contributed by atoms with van der Waals surface area (Å²) in [5.74, 6) is 0. The normalized spacial score (nSPS) is 24.1. The van der Waals surface area contributed by atoms with Gasteiger partial charge in [-0.05, 0) is 30.5 Å². The van der Waals surface area contributed by atoms with Crippen molar-refractivity contribution in [1.82, 2.24) is 5.32 Å². The number of hydrogen-bond donors (Lipinski definition) is 2. The van der Waals surface area contributed by atoms with Crippen LogP contribution in [0.2, 0.25) is 0 Å². The molecule has 0 amide bonds. The van der Waals surface area contributed by atoms with Crippen molar-refractivity contribution >= 4 is 0 Å². The van der Waals surface area contributed by atoms with Crippen molar-refractivity contribution in [1.29, 1.82) is 0 Å². The van der Waals surface area contributed by atoms with Gasteiger partial charge in [0.1, 0.15) is 0 Å². The lowest BCUT2D eigenvalue weighted by Crippen LogP contribution is -2.54. The van der Waals surface area contributed by atoms with E-state index in [9.17, 15) is 5.11 Å². The van der Waals surface area contributed by atoms with Crippen LogP contribution in [0.25, 0.3) is 0 Å². The van der Waals surface area contributed by atoms with E-state index in [1.807, 2.05) is 36.4 Å². The van der Waals surface area contributed by atoms with E-state index in [0.29, 0.717) is 13.2 Å². The molecule has 4 atom stereocenters. The summed E-state index contributed by atoms with van der Waals surface area (Å²) in [6.45, 7) is 4.26. The molecule has 30 heavy (non-hydrogen) atoms. The minimum absolute atomic E-state index is 0.00178. The summed E-state index contributed by atoms with van der Waals surface area (Å²) in [5.41, 5.74) is 2.30. The topological polar surface area (TPSA) is 50.7 Å². The zero-order chi connectivity index (χ0) is 21.0. The zero-order valence-corrected chi connectivity index (χ0v) is 18.2. The van der Waals surface area contributed by atoms with Gasteiger partial charge in [0.25, 0.3) is 0 Å². The Balaban J connectivity index is 1.56. The molecule has 2 aromatic carbocycles. The summed E-state index contributed by atoms with van der Waals surface area (Å²) in [4.78, 5) is 0. The van der Waals surface area contributed by atoms with E-state index >= 15 is 0 Å². The van der Waals surface area contributed by atoms with Crippen LogP contribution in [0.15, 0.2) is 60.7 Å². The van der Waals surface area contributed by atoms with Gasteiger partial charge in [-0.25, -0.2) is 0 Å². The van der Waals surface area contributed by atoms with E-state index in [0.717, 1.165) is 31.4 Å². The maximum atomic E-state index is 11.0. The summed E-state index contributed by atoms with van der Waals surface area (Å²) in [5, 5.41) is 14.5. The van der Waals surface area contributed by atoms with Gasteiger partial charge in [-0.3, -0.25) is 0 Å². The quantitative estimate of drug-likeness (QED) is 0.490. The molecule has 0 bridgehead atoms. The summed E-state index contributed by atoms with van der Waals surface area (Å²) < 4.78 is 12.4. The maximum absolute atomic E-state index is 11.0. The van der Waals surface area contributed by atoms with Gasteiger partial charge >= 0.3 is 0 Å². The third-order valence-corrected chi connectivity index (χ3v) is 5.88. The Morgan fingerprint density at radius 2 is 1.47 bits per heavy atom. The molecular formula is C26H37NO3. The highest BCUT2D eigenvalue weighted by Gasteiger charge is 2.37. The molecule has 2 aromatic rings. The molecule has 1 aliphatic rings. The largest absolute Gasteiger partial charge is 0.389 e. The average Bonchev–Trinajstić information content (AvgIpc) is 2.79. The SMILES string of the molecule is CCCCCCN[C@@H]1C[C@H](OCc2ccccc2)C[C@@H](OCc2ccccc2)[C@H]1O. The van der Waals surface area contributed by atoms with Crippen LogP contribution in [-0.2, 0) is 22.7 Å². The first-order valence-corrected chi connectivity index (χ1v) is 11.5. The molecule has 0 aliphatic heterocycles. The lowest BCUT2D eigenvalue weighted by Gasteiger charge is -2.39. The molecule has 0 spiro atoms. The molecule has 0 aromatic heterocycles. The molecule has 0 radical (unpaired) electrons. The molecule has 0 saturated heterocycles. The van der Waals surface area contributed by atoms with E-state index in [4.69, 9.17) is 9.47 Å². The highest BCUT2D eigenvalue weighted by molar-refractivity contribution is 5.14. The summed E-state index contributed by atoms with van der Waals surface area (Å²) in [6.07, 6.45) is 5.72. The first kappa shape index (κ1) is 23.0. The van der Waals surface area contributed by atoms with Gasteiger partial charge in [-0.15, -0.1) is 0 Å².